The number of hydrogen-bond acceptors (Lipinski definition) is 3. The van der Waals surface area contributed by atoms with Crippen molar-refractivity contribution in [1.29, 1.82) is 0 Å². The third-order valence-electron chi connectivity index (χ3n) is 3.98. The van der Waals surface area contributed by atoms with Gasteiger partial charge in [-0.25, -0.2) is 4.39 Å². The Bertz CT molecular complexity index is 495. The average molecular weight is 297 g/mol. The monoisotopic (exact) mass is 297 g/mol. The minimum Gasteiger partial charge on any atom is -0.480 e. The number of carboxylic acids is 1. The number of carbonyl (C=O) groups is 1. The molecular weight excluding hydrogens is 277 g/mol. The molecule has 1 aromatic rings. The van der Waals surface area contributed by atoms with Crippen LogP contribution in [-0.4, -0.2) is 34.8 Å². The van der Waals surface area contributed by atoms with Gasteiger partial charge in [0.05, 0.1) is 0 Å². The first-order chi connectivity index (χ1) is 9.54. The summed E-state index contributed by atoms with van der Waals surface area (Å²) in [6.45, 7) is 2.71. The van der Waals surface area contributed by atoms with Gasteiger partial charge in [0, 0.05) is 10.9 Å². The molecule has 0 spiro atoms. The van der Waals surface area contributed by atoms with E-state index in [0.29, 0.717) is 11.3 Å². The lowest BCUT2D eigenvalue weighted by Gasteiger charge is -2.37. The van der Waals surface area contributed by atoms with Crippen molar-refractivity contribution in [1.82, 2.24) is 4.90 Å². The number of thioether (sulfide) groups is 1. The largest absolute Gasteiger partial charge is 0.480 e. The summed E-state index contributed by atoms with van der Waals surface area (Å²) in [5.41, 5.74) is 0.841. The number of nitrogens with zero attached hydrogens (tertiary/aromatic N) is 1. The summed E-state index contributed by atoms with van der Waals surface area (Å²) >= 11 is 1.37. The molecule has 1 aliphatic rings. The Labute approximate surface area is 123 Å². The Morgan fingerprint density at radius 2 is 2.25 bits per heavy atom. The molecule has 1 fully saturated rings. The van der Waals surface area contributed by atoms with Crippen molar-refractivity contribution < 1.29 is 14.3 Å². The highest BCUT2D eigenvalue weighted by molar-refractivity contribution is 7.98. The number of hydrogen-bond donors (Lipinski definition) is 1. The minimum absolute atomic E-state index is 0.0817. The van der Waals surface area contributed by atoms with Crippen LogP contribution in [0.15, 0.2) is 23.1 Å². The quantitative estimate of drug-likeness (QED) is 0.863. The molecule has 3 nitrogen and oxygen atoms in total. The van der Waals surface area contributed by atoms with Crippen LogP contribution in [0.1, 0.15) is 37.8 Å². The highest BCUT2D eigenvalue weighted by atomic mass is 32.2. The van der Waals surface area contributed by atoms with Gasteiger partial charge in [-0.2, -0.15) is 0 Å². The maximum Gasteiger partial charge on any atom is 0.320 e. The predicted octanol–water partition coefficient (Wildman–Crippen LogP) is 3.55. The lowest BCUT2D eigenvalue weighted by Crippen LogP contribution is -2.45. The number of benzene rings is 1. The molecule has 0 aromatic heterocycles. The normalized spacial score (nSPS) is 21.6. The fourth-order valence-corrected chi connectivity index (χ4v) is 3.27. The van der Waals surface area contributed by atoms with E-state index >= 15 is 0 Å². The molecule has 1 aliphatic heterocycles. The van der Waals surface area contributed by atoms with E-state index in [9.17, 15) is 14.3 Å². The fourth-order valence-electron chi connectivity index (χ4n) is 2.82. The van der Waals surface area contributed by atoms with Gasteiger partial charge in [0.25, 0.3) is 0 Å². The number of likely N-dealkylation sites (tertiary alicyclic amines) is 1. The molecule has 0 aliphatic carbocycles. The van der Waals surface area contributed by atoms with Crippen LogP contribution in [0.25, 0.3) is 0 Å². The molecule has 110 valence electrons. The second-order valence-electron chi connectivity index (χ2n) is 5.16. The van der Waals surface area contributed by atoms with Gasteiger partial charge in [-0.1, -0.05) is 12.5 Å². The van der Waals surface area contributed by atoms with Crippen LogP contribution in [-0.2, 0) is 4.79 Å². The van der Waals surface area contributed by atoms with E-state index in [-0.39, 0.29) is 11.9 Å². The predicted molar refractivity (Wildman–Crippen MR) is 78.6 cm³/mol. The summed E-state index contributed by atoms with van der Waals surface area (Å²) in [6.07, 6.45) is 4.46. The van der Waals surface area contributed by atoms with Gasteiger partial charge in [0.1, 0.15) is 11.9 Å². The van der Waals surface area contributed by atoms with Crippen molar-refractivity contribution in [2.45, 2.75) is 43.2 Å². The maximum absolute atomic E-state index is 13.9. The molecule has 2 rings (SSSR count). The molecule has 1 aromatic carbocycles. The van der Waals surface area contributed by atoms with Crippen LogP contribution in [0, 0.1) is 5.82 Å². The number of aliphatic carboxylic acids is 1. The molecule has 20 heavy (non-hydrogen) atoms. The molecule has 5 heteroatoms. The Morgan fingerprint density at radius 1 is 1.50 bits per heavy atom. The average Bonchev–Trinajstić information content (AvgIpc) is 2.46. The van der Waals surface area contributed by atoms with E-state index in [4.69, 9.17) is 0 Å². The Hall–Kier alpha value is -1.07. The van der Waals surface area contributed by atoms with Gasteiger partial charge >= 0.3 is 5.97 Å². The van der Waals surface area contributed by atoms with Crippen molar-refractivity contribution in [3.63, 3.8) is 0 Å². The highest BCUT2D eigenvalue weighted by Gasteiger charge is 2.32. The van der Waals surface area contributed by atoms with Crippen molar-refractivity contribution in [3.8, 4) is 0 Å². The van der Waals surface area contributed by atoms with Crippen LogP contribution in [0.4, 0.5) is 4.39 Å². The molecule has 2 atom stereocenters. The van der Waals surface area contributed by atoms with Gasteiger partial charge in [-0.05, 0) is 50.3 Å². The molecule has 1 N–H and O–H groups in total. The SMILES string of the molecule is CSc1ccc(C(C)N2CCCCC2C(=O)O)cc1F. The lowest BCUT2D eigenvalue weighted by molar-refractivity contribution is -0.145. The Kier molecular flexibility index (Phi) is 5.05. The van der Waals surface area contributed by atoms with E-state index < -0.39 is 12.0 Å². The smallest absolute Gasteiger partial charge is 0.320 e. The number of halogens is 1. The van der Waals surface area contributed by atoms with E-state index in [0.717, 1.165) is 24.9 Å². The molecule has 0 amide bonds. The van der Waals surface area contributed by atoms with Gasteiger partial charge < -0.3 is 5.11 Å². The highest BCUT2D eigenvalue weighted by Crippen LogP contribution is 2.30. The minimum atomic E-state index is -0.780. The van der Waals surface area contributed by atoms with Gasteiger partial charge in [-0.3, -0.25) is 9.69 Å². The van der Waals surface area contributed by atoms with E-state index in [2.05, 4.69) is 0 Å². The Balaban J connectivity index is 2.22. The zero-order chi connectivity index (χ0) is 14.7. The van der Waals surface area contributed by atoms with Crippen LogP contribution in [0.3, 0.4) is 0 Å². The van der Waals surface area contributed by atoms with Crippen molar-refractivity contribution in [2.24, 2.45) is 0 Å². The summed E-state index contributed by atoms with van der Waals surface area (Å²) in [5, 5.41) is 9.32. The second-order valence-corrected chi connectivity index (χ2v) is 6.01. The first kappa shape index (κ1) is 15.3. The molecular formula is C15H20FNO2S. The maximum atomic E-state index is 13.9. The summed E-state index contributed by atoms with van der Waals surface area (Å²) in [4.78, 5) is 13.9. The fraction of sp³-hybridized carbons (Fsp3) is 0.533. The summed E-state index contributed by atoms with van der Waals surface area (Å²) in [6, 6.07) is 4.66. The second kappa shape index (κ2) is 6.59. The van der Waals surface area contributed by atoms with Crippen molar-refractivity contribution >= 4 is 17.7 Å². The summed E-state index contributed by atoms with van der Waals surface area (Å²) in [5.74, 6) is -1.01. The third-order valence-corrected chi connectivity index (χ3v) is 4.76. The summed E-state index contributed by atoms with van der Waals surface area (Å²) in [7, 11) is 0. The molecule has 0 bridgehead atoms. The van der Waals surface area contributed by atoms with Gasteiger partial charge in [0.15, 0.2) is 0 Å². The van der Waals surface area contributed by atoms with Crippen molar-refractivity contribution in [2.75, 3.05) is 12.8 Å². The molecule has 0 radical (unpaired) electrons. The zero-order valence-electron chi connectivity index (χ0n) is 11.8. The topological polar surface area (TPSA) is 40.5 Å². The molecule has 0 saturated carbocycles. The molecule has 1 heterocycles. The van der Waals surface area contributed by atoms with Crippen LogP contribution < -0.4 is 0 Å². The van der Waals surface area contributed by atoms with E-state index in [1.54, 1.807) is 6.07 Å². The Morgan fingerprint density at radius 3 is 2.85 bits per heavy atom. The number of piperidine rings is 1. The first-order valence-electron chi connectivity index (χ1n) is 6.86. The van der Waals surface area contributed by atoms with Crippen LogP contribution in [0.5, 0.6) is 0 Å². The third kappa shape index (κ3) is 3.15. The standard InChI is InChI=1S/C15H20FNO2S/c1-10(11-6-7-14(20-2)12(16)9-11)17-8-4-3-5-13(17)15(18)19/h6-7,9-10,13H,3-5,8H2,1-2H3,(H,18,19). The lowest BCUT2D eigenvalue weighted by atomic mass is 9.97. The van der Waals surface area contributed by atoms with Gasteiger partial charge in [-0.15, -0.1) is 11.8 Å². The van der Waals surface area contributed by atoms with Crippen molar-refractivity contribution in [3.05, 3.63) is 29.6 Å². The number of carboxylic acid groups (broad SMARTS) is 1. The summed E-state index contributed by atoms with van der Waals surface area (Å²) < 4.78 is 13.9. The van der Waals surface area contributed by atoms with Crippen LogP contribution in [0.2, 0.25) is 0 Å². The first-order valence-corrected chi connectivity index (χ1v) is 8.09. The van der Waals surface area contributed by atoms with E-state index in [1.165, 1.54) is 17.8 Å². The molecule has 2 unspecified atom stereocenters. The van der Waals surface area contributed by atoms with Gasteiger partial charge in [0.2, 0.25) is 0 Å². The zero-order valence-corrected chi connectivity index (χ0v) is 12.6. The van der Waals surface area contributed by atoms with Crippen LogP contribution >= 0.6 is 11.8 Å². The number of rotatable bonds is 4. The molecule has 1 saturated heterocycles. The van der Waals surface area contributed by atoms with E-state index in [1.807, 2.05) is 24.1 Å².